The van der Waals surface area contributed by atoms with Crippen molar-refractivity contribution >= 4 is 34.9 Å². The lowest BCUT2D eigenvalue weighted by molar-refractivity contribution is 0.0670. The van der Waals surface area contributed by atoms with Crippen LogP contribution in [0.25, 0.3) is 0 Å². The maximum Gasteiger partial charge on any atom is 0.321 e. The van der Waals surface area contributed by atoms with Crippen molar-refractivity contribution in [3.63, 3.8) is 0 Å². The second kappa shape index (κ2) is 12.5. The second-order valence-electron chi connectivity index (χ2n) is 8.62. The lowest BCUT2D eigenvalue weighted by atomic mass is 10.0. The van der Waals surface area contributed by atoms with Gasteiger partial charge in [-0.25, -0.2) is 13.6 Å². The molecule has 0 bridgehead atoms. The van der Waals surface area contributed by atoms with Gasteiger partial charge in [-0.3, -0.25) is 4.90 Å². The lowest BCUT2D eigenvalue weighted by Gasteiger charge is -2.34. The Morgan fingerprint density at radius 3 is 1.92 bits per heavy atom. The van der Waals surface area contributed by atoms with Crippen LogP contribution in [0.5, 0.6) is 0 Å². The molecule has 0 saturated carbocycles. The Morgan fingerprint density at radius 2 is 1.39 bits per heavy atom. The topological polar surface area (TPSA) is 44.8 Å². The number of hydrogen-bond donors (Lipinski definition) is 1. The van der Waals surface area contributed by atoms with E-state index in [1.54, 1.807) is 4.90 Å². The number of hydrogen-bond acceptors (Lipinski definition) is 3. The van der Waals surface area contributed by atoms with Crippen LogP contribution in [0.2, 0.25) is 10.0 Å². The van der Waals surface area contributed by atoms with E-state index in [1.807, 2.05) is 48.5 Å². The van der Waals surface area contributed by atoms with Gasteiger partial charge >= 0.3 is 6.03 Å². The number of amides is 2. The largest absolute Gasteiger partial charge is 0.369 e. The lowest BCUT2D eigenvalue weighted by Crippen LogP contribution is -2.50. The number of nitrogens with one attached hydrogen (secondary N) is 1. The molecule has 0 radical (unpaired) electrons. The van der Waals surface area contributed by atoms with Crippen molar-refractivity contribution in [2.24, 2.45) is 0 Å². The first-order chi connectivity index (χ1) is 17.4. The van der Waals surface area contributed by atoms with Gasteiger partial charge < -0.3 is 15.0 Å². The molecule has 190 valence electrons. The molecule has 9 heteroatoms. The monoisotopic (exact) mass is 533 g/mol. The quantitative estimate of drug-likeness (QED) is 0.331. The highest BCUT2D eigenvalue weighted by Gasteiger charge is 2.21. The molecule has 1 aliphatic rings. The number of piperazine rings is 1. The summed E-state index contributed by atoms with van der Waals surface area (Å²) in [6.07, 6.45) is 0.597. The first-order valence-corrected chi connectivity index (χ1v) is 12.5. The number of carbonyl (C=O) groups excluding carboxylic acids is 1. The van der Waals surface area contributed by atoms with Gasteiger partial charge in [0.2, 0.25) is 0 Å². The summed E-state index contributed by atoms with van der Waals surface area (Å²) in [6.45, 7) is 3.87. The van der Waals surface area contributed by atoms with Crippen molar-refractivity contribution in [3.05, 3.63) is 99.5 Å². The third-order valence-corrected chi connectivity index (χ3v) is 6.53. The first-order valence-electron chi connectivity index (χ1n) is 11.7. The van der Waals surface area contributed by atoms with E-state index in [2.05, 4.69) is 10.2 Å². The molecule has 3 aromatic rings. The van der Waals surface area contributed by atoms with E-state index in [1.165, 1.54) is 0 Å². The molecule has 1 aliphatic heterocycles. The van der Waals surface area contributed by atoms with Crippen molar-refractivity contribution in [1.82, 2.24) is 9.80 Å². The number of nitrogens with zero attached hydrogens (tertiary/aromatic N) is 2. The molecule has 0 aromatic heterocycles. The first kappa shape index (κ1) is 26.4. The molecule has 1 saturated heterocycles. The standard InChI is InChI=1S/C27H27Cl2F2N3O2/c28-21-6-2-19(3-7-21)26(20-4-8-22(29)9-5-20)36-15-1-10-33-11-13-34(14-12-33)27(35)32-25-17-23(30)16-24(31)18-25/h2-9,16-18,26H,1,10-15H2,(H,32,35). The molecular weight excluding hydrogens is 507 g/mol. The van der Waals surface area contributed by atoms with E-state index in [4.69, 9.17) is 27.9 Å². The number of ether oxygens (including phenoxy) is 1. The Kier molecular flexibility index (Phi) is 9.15. The van der Waals surface area contributed by atoms with E-state index in [9.17, 15) is 13.6 Å². The van der Waals surface area contributed by atoms with Crippen LogP contribution in [0.1, 0.15) is 23.7 Å². The molecule has 1 fully saturated rings. The maximum absolute atomic E-state index is 13.4. The smallest absolute Gasteiger partial charge is 0.321 e. The van der Waals surface area contributed by atoms with Gasteiger partial charge in [-0.05, 0) is 53.9 Å². The third kappa shape index (κ3) is 7.40. The van der Waals surface area contributed by atoms with Gasteiger partial charge in [0, 0.05) is 61.1 Å². The van der Waals surface area contributed by atoms with Crippen LogP contribution in [0.3, 0.4) is 0 Å². The maximum atomic E-state index is 13.4. The van der Waals surface area contributed by atoms with E-state index in [-0.39, 0.29) is 17.8 Å². The van der Waals surface area contributed by atoms with Crippen molar-refractivity contribution in [1.29, 1.82) is 0 Å². The van der Waals surface area contributed by atoms with Gasteiger partial charge in [0.1, 0.15) is 17.7 Å². The Morgan fingerprint density at radius 1 is 0.861 bits per heavy atom. The molecular formula is C27H27Cl2F2N3O2. The van der Waals surface area contributed by atoms with E-state index < -0.39 is 11.6 Å². The average Bonchev–Trinajstić information content (AvgIpc) is 2.85. The van der Waals surface area contributed by atoms with Gasteiger partial charge in [-0.1, -0.05) is 47.5 Å². The molecule has 0 aliphatic carbocycles. The Balaban J connectivity index is 1.24. The van der Waals surface area contributed by atoms with Gasteiger partial charge in [-0.2, -0.15) is 0 Å². The van der Waals surface area contributed by atoms with Gasteiger partial charge in [-0.15, -0.1) is 0 Å². The summed E-state index contributed by atoms with van der Waals surface area (Å²) in [5.74, 6) is -1.46. The number of benzene rings is 3. The van der Waals surface area contributed by atoms with Crippen LogP contribution in [-0.4, -0.2) is 55.2 Å². The van der Waals surface area contributed by atoms with Crippen LogP contribution in [0, 0.1) is 11.6 Å². The molecule has 1 N–H and O–H groups in total. The average molecular weight is 534 g/mol. The van der Waals surface area contributed by atoms with Crippen molar-refractivity contribution in [2.75, 3.05) is 44.6 Å². The minimum atomic E-state index is -0.730. The van der Waals surface area contributed by atoms with E-state index in [0.717, 1.165) is 42.3 Å². The summed E-state index contributed by atoms with van der Waals surface area (Å²) >= 11 is 12.1. The van der Waals surface area contributed by atoms with Crippen LogP contribution >= 0.6 is 23.2 Å². The van der Waals surface area contributed by atoms with Gasteiger partial charge in [0.25, 0.3) is 0 Å². The Bertz CT molecular complexity index is 1090. The molecule has 3 aromatic carbocycles. The van der Waals surface area contributed by atoms with Crippen molar-refractivity contribution in [2.45, 2.75) is 12.5 Å². The Hall–Kier alpha value is -2.71. The van der Waals surface area contributed by atoms with Gasteiger partial charge in [0.15, 0.2) is 0 Å². The molecule has 36 heavy (non-hydrogen) atoms. The summed E-state index contributed by atoms with van der Waals surface area (Å²) in [6, 6.07) is 17.8. The molecule has 0 atom stereocenters. The van der Waals surface area contributed by atoms with Gasteiger partial charge in [0.05, 0.1) is 0 Å². The van der Waals surface area contributed by atoms with Crippen molar-refractivity contribution in [3.8, 4) is 0 Å². The second-order valence-corrected chi connectivity index (χ2v) is 9.50. The zero-order valence-corrected chi connectivity index (χ0v) is 21.1. The third-order valence-electron chi connectivity index (χ3n) is 6.02. The molecule has 0 unspecified atom stereocenters. The fourth-order valence-corrected chi connectivity index (χ4v) is 4.40. The zero-order valence-electron chi connectivity index (χ0n) is 19.6. The predicted octanol–water partition coefficient (Wildman–Crippen LogP) is 6.62. The Labute approximate surface area is 219 Å². The van der Waals surface area contributed by atoms with Crippen LogP contribution in [0.15, 0.2) is 66.7 Å². The van der Waals surface area contributed by atoms with Crippen molar-refractivity contribution < 1.29 is 18.3 Å². The molecule has 0 spiro atoms. The number of rotatable bonds is 8. The highest BCUT2D eigenvalue weighted by atomic mass is 35.5. The predicted molar refractivity (Wildman–Crippen MR) is 139 cm³/mol. The fraction of sp³-hybridized carbons (Fsp3) is 0.296. The van der Waals surface area contributed by atoms with Crippen LogP contribution in [-0.2, 0) is 4.74 Å². The van der Waals surface area contributed by atoms with Crippen LogP contribution < -0.4 is 5.32 Å². The summed E-state index contributed by atoms with van der Waals surface area (Å²) < 4.78 is 33.0. The molecule has 5 nitrogen and oxygen atoms in total. The van der Waals surface area contributed by atoms with E-state index in [0.29, 0.717) is 42.8 Å². The zero-order chi connectivity index (χ0) is 25.5. The number of urea groups is 1. The molecule has 2 amide bonds. The summed E-state index contributed by atoms with van der Waals surface area (Å²) in [7, 11) is 0. The summed E-state index contributed by atoms with van der Waals surface area (Å²) in [5, 5.41) is 3.90. The summed E-state index contributed by atoms with van der Waals surface area (Å²) in [4.78, 5) is 16.4. The molecule has 4 rings (SSSR count). The SMILES string of the molecule is O=C(Nc1cc(F)cc(F)c1)N1CCN(CCCOC(c2ccc(Cl)cc2)c2ccc(Cl)cc2)CC1. The normalized spacial score (nSPS) is 14.3. The molecule has 1 heterocycles. The van der Waals surface area contributed by atoms with E-state index >= 15 is 0 Å². The number of carbonyl (C=O) groups is 1. The van der Waals surface area contributed by atoms with Crippen LogP contribution in [0.4, 0.5) is 19.3 Å². The number of halogens is 4. The number of anilines is 1. The highest BCUT2D eigenvalue weighted by molar-refractivity contribution is 6.30. The summed E-state index contributed by atoms with van der Waals surface area (Å²) in [5.41, 5.74) is 2.13. The highest BCUT2D eigenvalue weighted by Crippen LogP contribution is 2.28. The minimum Gasteiger partial charge on any atom is -0.369 e. The fourth-order valence-electron chi connectivity index (χ4n) is 4.15. The minimum absolute atomic E-state index is 0.105.